The quantitative estimate of drug-likeness (QED) is 0.573. The summed E-state index contributed by atoms with van der Waals surface area (Å²) in [7, 11) is 1.36. The van der Waals surface area contributed by atoms with Gasteiger partial charge in [0.05, 0.1) is 12.7 Å². The first-order valence-electron chi connectivity index (χ1n) is 9.30. The fourth-order valence-corrected chi connectivity index (χ4v) is 2.96. The molecule has 0 aliphatic carbocycles. The highest BCUT2D eigenvalue weighted by Gasteiger charge is 2.09. The Balaban J connectivity index is 1.79. The normalized spacial score (nSPS) is 10.4. The number of rotatable bonds is 7. The molecule has 1 heterocycles. The summed E-state index contributed by atoms with van der Waals surface area (Å²) < 4.78 is 4.71. The maximum atomic E-state index is 11.5. The second kappa shape index (κ2) is 8.99. The molecule has 0 spiro atoms. The minimum absolute atomic E-state index is 0.365. The van der Waals surface area contributed by atoms with Crippen LogP contribution >= 0.6 is 0 Å². The van der Waals surface area contributed by atoms with E-state index in [0.29, 0.717) is 11.5 Å². The number of esters is 1. The third-order valence-electron chi connectivity index (χ3n) is 4.47. The lowest BCUT2D eigenvalue weighted by Crippen LogP contribution is -2.04. The molecule has 0 fully saturated rings. The largest absolute Gasteiger partial charge is 0.465 e. The Kier molecular flexibility index (Phi) is 6.22. The molecule has 2 aromatic carbocycles. The van der Waals surface area contributed by atoms with E-state index >= 15 is 0 Å². The number of aryl methyl sites for hydroxylation is 2. The molecule has 0 aliphatic rings. The number of carbonyl (C=O) groups is 1. The van der Waals surface area contributed by atoms with Crippen LogP contribution in [0.25, 0.3) is 0 Å². The standard InChI is InChI=1S/C22H24N4O2/c1-4-15-7-6-8-16(5-2)20(15)25-19-13-14-23-22(26-19)24-18-11-9-17(10-12-18)21(27)28-3/h6-14H,4-5H2,1-3H3,(H2,23,24,25,26). The number of methoxy groups -OCH3 is 1. The number of nitrogens with zero attached hydrogens (tertiary/aromatic N) is 2. The highest BCUT2D eigenvalue weighted by molar-refractivity contribution is 5.89. The van der Waals surface area contributed by atoms with Crippen molar-refractivity contribution >= 4 is 29.1 Å². The van der Waals surface area contributed by atoms with E-state index in [9.17, 15) is 4.79 Å². The summed E-state index contributed by atoms with van der Waals surface area (Å²) in [6.07, 6.45) is 3.60. The zero-order chi connectivity index (χ0) is 19.9. The zero-order valence-electron chi connectivity index (χ0n) is 16.3. The van der Waals surface area contributed by atoms with Crippen LogP contribution < -0.4 is 10.6 Å². The average molecular weight is 376 g/mol. The van der Waals surface area contributed by atoms with Gasteiger partial charge in [-0.2, -0.15) is 4.98 Å². The molecule has 0 radical (unpaired) electrons. The van der Waals surface area contributed by atoms with Crippen molar-refractivity contribution in [3.8, 4) is 0 Å². The van der Waals surface area contributed by atoms with E-state index in [0.717, 1.165) is 30.0 Å². The SMILES string of the molecule is CCc1cccc(CC)c1Nc1ccnc(Nc2ccc(C(=O)OC)cc2)n1. The van der Waals surface area contributed by atoms with Gasteiger partial charge in [-0.25, -0.2) is 9.78 Å². The number of benzene rings is 2. The molecule has 1 aromatic heterocycles. The molecule has 0 saturated carbocycles. The van der Waals surface area contributed by atoms with Crippen molar-refractivity contribution in [2.24, 2.45) is 0 Å². The van der Waals surface area contributed by atoms with Crippen LogP contribution in [0.4, 0.5) is 23.1 Å². The topological polar surface area (TPSA) is 76.1 Å². The molecule has 0 atom stereocenters. The molecule has 0 aliphatic heterocycles. The molecular formula is C22H24N4O2. The number of hydrogen-bond donors (Lipinski definition) is 2. The summed E-state index contributed by atoms with van der Waals surface area (Å²) >= 11 is 0. The molecule has 0 bridgehead atoms. The number of aromatic nitrogens is 2. The lowest BCUT2D eigenvalue weighted by atomic mass is 10.0. The molecule has 6 nitrogen and oxygen atoms in total. The number of hydrogen-bond acceptors (Lipinski definition) is 6. The van der Waals surface area contributed by atoms with Gasteiger partial charge in [-0.05, 0) is 54.3 Å². The Morgan fingerprint density at radius 2 is 1.64 bits per heavy atom. The van der Waals surface area contributed by atoms with E-state index in [-0.39, 0.29) is 5.97 Å². The van der Waals surface area contributed by atoms with E-state index in [1.165, 1.54) is 18.2 Å². The third kappa shape index (κ3) is 4.46. The predicted molar refractivity (Wildman–Crippen MR) is 112 cm³/mol. The molecule has 3 rings (SSSR count). The highest BCUT2D eigenvalue weighted by atomic mass is 16.5. The molecule has 0 unspecified atom stereocenters. The molecule has 28 heavy (non-hydrogen) atoms. The van der Waals surface area contributed by atoms with Gasteiger partial charge in [0.2, 0.25) is 5.95 Å². The molecule has 0 amide bonds. The minimum atomic E-state index is -0.365. The van der Waals surface area contributed by atoms with Crippen LogP contribution in [0.15, 0.2) is 54.7 Å². The van der Waals surface area contributed by atoms with Crippen LogP contribution in [0.3, 0.4) is 0 Å². The summed E-state index contributed by atoms with van der Waals surface area (Å²) in [6.45, 7) is 4.29. The Labute approximate surface area is 165 Å². The molecule has 6 heteroatoms. The van der Waals surface area contributed by atoms with Gasteiger partial charge < -0.3 is 15.4 Å². The van der Waals surface area contributed by atoms with Crippen LogP contribution in [-0.4, -0.2) is 23.0 Å². The van der Waals surface area contributed by atoms with Crippen LogP contribution in [0, 0.1) is 0 Å². The van der Waals surface area contributed by atoms with Gasteiger partial charge in [0, 0.05) is 17.6 Å². The highest BCUT2D eigenvalue weighted by Crippen LogP contribution is 2.26. The van der Waals surface area contributed by atoms with Crippen molar-refractivity contribution in [2.45, 2.75) is 26.7 Å². The Morgan fingerprint density at radius 1 is 0.964 bits per heavy atom. The van der Waals surface area contributed by atoms with Gasteiger partial charge in [0.1, 0.15) is 5.82 Å². The summed E-state index contributed by atoms with van der Waals surface area (Å²) in [5, 5.41) is 6.61. The molecule has 3 aromatic rings. The smallest absolute Gasteiger partial charge is 0.337 e. The van der Waals surface area contributed by atoms with E-state index in [1.807, 2.05) is 6.07 Å². The van der Waals surface area contributed by atoms with Crippen molar-refractivity contribution in [3.05, 3.63) is 71.4 Å². The molecule has 144 valence electrons. The lowest BCUT2D eigenvalue weighted by Gasteiger charge is -2.15. The summed E-state index contributed by atoms with van der Waals surface area (Å²) in [5.41, 5.74) is 4.90. The number of anilines is 4. The third-order valence-corrected chi connectivity index (χ3v) is 4.47. The van der Waals surface area contributed by atoms with Crippen molar-refractivity contribution in [3.63, 3.8) is 0 Å². The van der Waals surface area contributed by atoms with Crippen LogP contribution in [0.2, 0.25) is 0 Å². The fraction of sp³-hybridized carbons (Fsp3) is 0.227. The summed E-state index contributed by atoms with van der Waals surface area (Å²) in [6, 6.07) is 15.2. The van der Waals surface area contributed by atoms with Crippen LogP contribution in [0.5, 0.6) is 0 Å². The van der Waals surface area contributed by atoms with Crippen molar-refractivity contribution in [2.75, 3.05) is 17.7 Å². The van der Waals surface area contributed by atoms with Crippen molar-refractivity contribution in [1.82, 2.24) is 9.97 Å². The molecule has 0 saturated heterocycles. The van der Waals surface area contributed by atoms with Crippen molar-refractivity contribution in [1.29, 1.82) is 0 Å². The number of nitrogens with one attached hydrogen (secondary N) is 2. The predicted octanol–water partition coefficient (Wildman–Crippen LogP) is 4.88. The van der Waals surface area contributed by atoms with Gasteiger partial charge in [-0.15, -0.1) is 0 Å². The summed E-state index contributed by atoms with van der Waals surface area (Å²) in [5.74, 6) is 0.831. The first kappa shape index (κ1) is 19.4. The zero-order valence-corrected chi connectivity index (χ0v) is 16.3. The van der Waals surface area contributed by atoms with Gasteiger partial charge in [0.15, 0.2) is 0 Å². The first-order chi connectivity index (χ1) is 13.6. The first-order valence-corrected chi connectivity index (χ1v) is 9.30. The second-order valence-electron chi connectivity index (χ2n) is 6.24. The van der Waals surface area contributed by atoms with Crippen LogP contribution in [-0.2, 0) is 17.6 Å². The monoisotopic (exact) mass is 376 g/mol. The second-order valence-corrected chi connectivity index (χ2v) is 6.24. The van der Waals surface area contributed by atoms with Gasteiger partial charge in [0.25, 0.3) is 0 Å². The average Bonchev–Trinajstić information content (AvgIpc) is 2.74. The van der Waals surface area contributed by atoms with E-state index in [1.54, 1.807) is 30.5 Å². The number of ether oxygens (including phenoxy) is 1. The number of para-hydroxylation sites is 1. The maximum Gasteiger partial charge on any atom is 0.337 e. The Bertz CT molecular complexity index is 933. The van der Waals surface area contributed by atoms with Gasteiger partial charge in [-0.1, -0.05) is 32.0 Å². The minimum Gasteiger partial charge on any atom is -0.465 e. The Morgan fingerprint density at radius 3 is 2.25 bits per heavy atom. The van der Waals surface area contributed by atoms with Gasteiger partial charge >= 0.3 is 5.97 Å². The lowest BCUT2D eigenvalue weighted by molar-refractivity contribution is 0.0601. The Hall–Kier alpha value is -3.41. The summed E-state index contributed by atoms with van der Waals surface area (Å²) in [4.78, 5) is 20.4. The number of carbonyl (C=O) groups excluding carboxylic acids is 1. The maximum absolute atomic E-state index is 11.5. The van der Waals surface area contributed by atoms with E-state index in [4.69, 9.17) is 4.74 Å². The van der Waals surface area contributed by atoms with Crippen molar-refractivity contribution < 1.29 is 9.53 Å². The van der Waals surface area contributed by atoms with Gasteiger partial charge in [-0.3, -0.25) is 0 Å². The molecule has 2 N–H and O–H groups in total. The van der Waals surface area contributed by atoms with Crippen LogP contribution in [0.1, 0.15) is 35.3 Å². The fourth-order valence-electron chi connectivity index (χ4n) is 2.96. The van der Waals surface area contributed by atoms with E-state index in [2.05, 4.69) is 52.6 Å². The van der Waals surface area contributed by atoms with E-state index < -0.39 is 0 Å². The molecular weight excluding hydrogens is 352 g/mol.